The molecular formula is C18H21I10NO9. The summed E-state index contributed by atoms with van der Waals surface area (Å²) in [4.78, 5) is 21.5. The predicted molar refractivity (Wildman–Crippen MR) is 238 cm³/mol. The number of hydrogen-bond donors (Lipinski definition) is 4. The zero-order chi connectivity index (χ0) is 29.7. The molecule has 2 aromatic carbocycles. The molecule has 222 valence electrons. The molecule has 0 saturated carbocycles. The number of halogens is 10. The van der Waals surface area contributed by atoms with Gasteiger partial charge in [0.15, 0.2) is 23.0 Å². The standard InChI is InChI=1S/C9H11NO4.C9H10O5.I10/c1-13-6-3-5(9(10)12)4-7(14-2)8(6)11;1-13-6-3-5(9(11)12)4-7(14-2)8(6)10;1-7(2)9(5)10(6)8(3)4/h3-4,11H,1-2H3,(H2,10,12);3-4,10H,1-2H3,(H,11,12);. The first-order valence-corrected chi connectivity index (χ1v) is 65.5. The fraction of sp³-hybridized carbons (Fsp3) is 0.222. The average molecular weight is 1660 g/mol. The molecule has 20 heteroatoms. The SMILES string of the molecule is COc1cc(C(=O)O)cc(OC)c1O.COc1cc(C(N)=O)cc(OC)c1O.II(I)I(I)I(I)I(I)I. The first kappa shape index (κ1) is 41.5. The Morgan fingerprint density at radius 2 is 0.921 bits per heavy atom. The van der Waals surface area contributed by atoms with E-state index in [9.17, 15) is 19.8 Å². The monoisotopic (exact) mass is 1660 g/mol. The van der Waals surface area contributed by atoms with Gasteiger partial charge < -0.3 is 40.0 Å². The van der Waals surface area contributed by atoms with Gasteiger partial charge in [-0.3, -0.25) is 4.79 Å². The fourth-order valence-electron chi connectivity index (χ4n) is 2.11. The number of primary amides is 1. The molecule has 0 saturated heterocycles. The summed E-state index contributed by atoms with van der Waals surface area (Å²) in [5.74, 6) is -1.64. The molecule has 0 heterocycles. The number of methoxy groups -OCH3 is 4. The van der Waals surface area contributed by atoms with Crippen molar-refractivity contribution in [2.45, 2.75) is 0 Å². The molecular weight excluding hydrogens is 1640 g/mol. The van der Waals surface area contributed by atoms with Crippen LogP contribution in [0.2, 0.25) is 0 Å². The summed E-state index contributed by atoms with van der Waals surface area (Å²) < 4.78 is 19.3. The molecule has 1 amide bonds. The summed E-state index contributed by atoms with van der Waals surface area (Å²) in [7, 11) is 4.11. The third-order valence-electron chi connectivity index (χ3n) is 3.74. The van der Waals surface area contributed by atoms with E-state index in [0.717, 1.165) is 0 Å². The molecule has 0 fully saturated rings. The normalized spacial score (nSPS) is 11.3. The molecule has 0 aliphatic rings. The van der Waals surface area contributed by atoms with Gasteiger partial charge in [-0.15, -0.1) is 0 Å². The van der Waals surface area contributed by atoms with Crippen molar-refractivity contribution in [3.05, 3.63) is 35.4 Å². The van der Waals surface area contributed by atoms with Crippen LogP contribution in [0.1, 0.15) is 20.7 Å². The van der Waals surface area contributed by atoms with E-state index >= 15 is 0 Å². The minimum absolute atomic E-state index is 0.00324. The number of nitrogens with two attached hydrogens (primary N) is 1. The Morgan fingerprint density at radius 1 is 0.658 bits per heavy atom. The summed E-state index contributed by atoms with van der Waals surface area (Å²) >= 11 is 16.9. The zero-order valence-corrected chi connectivity index (χ0v) is 41.0. The van der Waals surface area contributed by atoms with Crippen molar-refractivity contribution in [1.29, 1.82) is 0 Å². The van der Waals surface area contributed by atoms with Gasteiger partial charge in [0, 0.05) is 5.56 Å². The van der Waals surface area contributed by atoms with E-state index < -0.39 is 11.9 Å². The summed E-state index contributed by atoms with van der Waals surface area (Å²) in [5, 5.41) is 27.7. The summed E-state index contributed by atoms with van der Waals surface area (Å²) in [6.07, 6.45) is 0. The molecule has 2 rings (SSSR count). The number of carboxylic acids is 1. The van der Waals surface area contributed by atoms with Crippen LogP contribution in [0.4, 0.5) is 0 Å². The van der Waals surface area contributed by atoms with Crippen molar-refractivity contribution in [3.63, 3.8) is 0 Å². The number of phenols is 2. The van der Waals surface area contributed by atoms with Crippen LogP contribution in [0.5, 0.6) is 34.5 Å². The topological polar surface area (TPSA) is 158 Å². The first-order chi connectivity index (χ1) is 17.7. The van der Waals surface area contributed by atoms with Gasteiger partial charge in [-0.2, -0.15) is 0 Å². The van der Waals surface area contributed by atoms with Crippen molar-refractivity contribution in [2.75, 3.05) is 28.4 Å². The van der Waals surface area contributed by atoms with E-state index in [-0.39, 0.29) is 77.2 Å². The summed E-state index contributed by atoms with van der Waals surface area (Å²) in [6, 6.07) is 5.14. The van der Waals surface area contributed by atoms with Crippen LogP contribution < -0.4 is 24.7 Å². The van der Waals surface area contributed by atoms with E-state index in [0.29, 0.717) is 0 Å². The van der Waals surface area contributed by atoms with Gasteiger partial charge in [0.05, 0.1) is 34.0 Å². The van der Waals surface area contributed by atoms with E-state index in [1.54, 1.807) is 0 Å². The maximum atomic E-state index is 10.9. The molecule has 0 aliphatic carbocycles. The Bertz CT molecular complexity index is 943. The fourth-order valence-corrected chi connectivity index (χ4v) is 840. The molecule has 10 nitrogen and oxygen atoms in total. The van der Waals surface area contributed by atoms with Gasteiger partial charge in [0.1, 0.15) is 0 Å². The van der Waals surface area contributed by atoms with E-state index in [1.165, 1.54) is 52.7 Å². The van der Waals surface area contributed by atoms with Crippen molar-refractivity contribution in [1.82, 2.24) is 0 Å². The Kier molecular flexibility index (Phi) is 24.1. The molecule has 0 bridgehead atoms. The van der Waals surface area contributed by atoms with Crippen molar-refractivity contribution in [3.8, 4) is 34.5 Å². The van der Waals surface area contributed by atoms with E-state index in [2.05, 4.69) is 112 Å². The number of carbonyl (C=O) groups excluding carboxylic acids is 1. The molecule has 0 atom stereocenters. The summed E-state index contributed by atoms with van der Waals surface area (Å²) in [6.45, 7) is 0. The average Bonchev–Trinajstić information content (AvgIpc) is 2.88. The van der Waals surface area contributed by atoms with Crippen LogP contribution >= 0.6 is 143 Å². The van der Waals surface area contributed by atoms with E-state index in [4.69, 9.17) is 29.8 Å². The molecule has 0 aromatic heterocycles. The number of amides is 1. The molecule has 2 aromatic rings. The minimum atomic E-state index is -1.11. The number of hydrogen-bond acceptors (Lipinski definition) is 8. The number of aromatic hydroxyl groups is 2. The van der Waals surface area contributed by atoms with Crippen molar-refractivity contribution < 1.29 is 43.9 Å². The summed E-state index contributed by atoms with van der Waals surface area (Å²) in [5.41, 5.74) is 5.30. The van der Waals surface area contributed by atoms with Gasteiger partial charge in [0.2, 0.25) is 17.4 Å². The van der Waals surface area contributed by atoms with Gasteiger partial charge in [-0.1, -0.05) is 0 Å². The second-order valence-electron chi connectivity index (χ2n) is 5.78. The Balaban J connectivity index is 0.000000551. The van der Waals surface area contributed by atoms with E-state index in [1.807, 2.05) is 0 Å². The second-order valence-corrected chi connectivity index (χ2v) is 201. The number of rotatable bonds is 9. The third-order valence-corrected chi connectivity index (χ3v) is 499. The number of aromatic carboxylic acids is 1. The van der Waals surface area contributed by atoms with Crippen molar-refractivity contribution >= 4 is 155 Å². The number of carbonyl (C=O) groups is 2. The maximum absolute atomic E-state index is 10.9. The van der Waals surface area contributed by atoms with Gasteiger partial charge in [-0.25, -0.2) is 4.79 Å². The zero-order valence-electron chi connectivity index (χ0n) is 19.5. The van der Waals surface area contributed by atoms with Crippen LogP contribution in [0.25, 0.3) is 0 Å². The van der Waals surface area contributed by atoms with Gasteiger partial charge in [0.25, 0.3) is 0 Å². The first-order valence-electron chi connectivity index (χ1n) is 8.91. The van der Waals surface area contributed by atoms with Gasteiger partial charge in [-0.05, 0) is 24.3 Å². The number of carboxylic acid groups (broad SMARTS) is 1. The molecule has 0 aliphatic heterocycles. The Morgan fingerprint density at radius 3 is 1.11 bits per heavy atom. The number of phenolic OH excluding ortho intramolecular Hbond substituents is 2. The second kappa shape index (κ2) is 22.1. The molecule has 0 spiro atoms. The van der Waals surface area contributed by atoms with Crippen LogP contribution in [-0.4, -0.2) is 55.6 Å². The third kappa shape index (κ3) is 14.5. The van der Waals surface area contributed by atoms with Crippen LogP contribution in [-0.2, 0) is 0 Å². The Labute approximate surface area is 295 Å². The molecule has 0 unspecified atom stereocenters. The molecule has 38 heavy (non-hydrogen) atoms. The molecule has 0 radical (unpaired) electrons. The quantitative estimate of drug-likeness (QED) is 0.179. The molecule has 5 N–H and O–H groups in total. The number of benzene rings is 2. The Hall–Kier alpha value is 3.48. The predicted octanol–water partition coefficient (Wildman–Crippen LogP) is 10.5. The van der Waals surface area contributed by atoms with Crippen molar-refractivity contribution in [2.24, 2.45) is 5.73 Å². The van der Waals surface area contributed by atoms with Crippen LogP contribution in [0, 0.1) is 0 Å². The van der Waals surface area contributed by atoms with Crippen LogP contribution in [0.15, 0.2) is 24.3 Å². The van der Waals surface area contributed by atoms with Crippen LogP contribution in [0.3, 0.4) is 0 Å². The number of ether oxygens (including phenoxy) is 4. The van der Waals surface area contributed by atoms with Gasteiger partial charge >= 0.3 is 149 Å².